The van der Waals surface area contributed by atoms with Crippen LogP contribution in [0.3, 0.4) is 0 Å². The van der Waals surface area contributed by atoms with Crippen LogP contribution in [-0.2, 0) is 16.0 Å². The average Bonchev–Trinajstić information content (AvgIpc) is 2.99. The van der Waals surface area contributed by atoms with Crippen LogP contribution in [0, 0.1) is 0 Å². The van der Waals surface area contributed by atoms with Crippen LogP contribution in [0.5, 0.6) is 5.75 Å². The van der Waals surface area contributed by atoms with Crippen molar-refractivity contribution in [3.63, 3.8) is 0 Å². The molecule has 0 atom stereocenters. The Labute approximate surface area is 237 Å². The van der Waals surface area contributed by atoms with Gasteiger partial charge in [-0.1, -0.05) is 0 Å². The molecule has 4 aromatic rings. The third-order valence-corrected chi connectivity index (χ3v) is 5.53. The Hall–Kier alpha value is -4.85. The maximum Gasteiger partial charge on any atom is 0.251 e. The summed E-state index contributed by atoms with van der Waals surface area (Å²) in [5.41, 5.74) is 8.25. The second-order valence-electron chi connectivity index (χ2n) is 8.66. The summed E-state index contributed by atoms with van der Waals surface area (Å²) in [6.07, 6.45) is 3.37. The Morgan fingerprint density at radius 2 is 1.34 bits per heavy atom. The van der Waals surface area contributed by atoms with Gasteiger partial charge in [0.15, 0.2) is 0 Å². The third kappa shape index (κ3) is 10.0. The number of amides is 1. The molecule has 1 amide bonds. The molecule has 2 heterocycles. The number of hydrogen-bond acceptors (Lipinski definition) is 12. The molecule has 41 heavy (non-hydrogen) atoms. The summed E-state index contributed by atoms with van der Waals surface area (Å²) in [5.74, 6) is 0.875. The number of anilines is 5. The lowest BCUT2D eigenvalue weighted by atomic mass is 10.2. The summed E-state index contributed by atoms with van der Waals surface area (Å²) in [4.78, 5) is 29.9. The SMILES string of the molecule is NCCOCCOCCNc1nc(Nc2ccc(O)cc2)nc(Nc2ccc(C(=O)NCc3ccncc3)cc2)n1. The number of benzene rings is 2. The van der Waals surface area contributed by atoms with E-state index >= 15 is 0 Å². The number of ether oxygens (including phenoxy) is 2. The number of pyridine rings is 1. The Kier molecular flexibility index (Phi) is 11.1. The largest absolute Gasteiger partial charge is 0.508 e. The molecule has 0 spiro atoms. The van der Waals surface area contributed by atoms with Crippen molar-refractivity contribution in [2.24, 2.45) is 5.73 Å². The van der Waals surface area contributed by atoms with Crippen LogP contribution < -0.4 is 27.0 Å². The first kappa shape index (κ1) is 29.1. The first-order valence-corrected chi connectivity index (χ1v) is 13.0. The maximum atomic E-state index is 12.5. The van der Waals surface area contributed by atoms with E-state index in [0.29, 0.717) is 74.9 Å². The molecule has 0 aliphatic heterocycles. The lowest BCUT2D eigenvalue weighted by Gasteiger charge is -2.12. The number of phenolic OH excluding ortho intramolecular Hbond substituents is 1. The van der Waals surface area contributed by atoms with E-state index in [1.54, 1.807) is 60.9 Å². The van der Waals surface area contributed by atoms with E-state index < -0.39 is 0 Å². The molecule has 0 fully saturated rings. The summed E-state index contributed by atoms with van der Waals surface area (Å²) in [6, 6.07) is 17.2. The molecular weight excluding hydrogens is 526 g/mol. The number of nitrogens with one attached hydrogen (secondary N) is 4. The zero-order valence-corrected chi connectivity index (χ0v) is 22.4. The number of aromatic hydroxyl groups is 1. The highest BCUT2D eigenvalue weighted by atomic mass is 16.5. The molecule has 0 bridgehead atoms. The van der Waals surface area contributed by atoms with Crippen LogP contribution in [0.2, 0.25) is 0 Å². The highest BCUT2D eigenvalue weighted by Gasteiger charge is 2.10. The van der Waals surface area contributed by atoms with Gasteiger partial charge in [-0.15, -0.1) is 0 Å². The Bertz CT molecular complexity index is 1360. The second kappa shape index (κ2) is 15.7. The lowest BCUT2D eigenvalue weighted by molar-refractivity contribution is 0.0547. The van der Waals surface area contributed by atoms with E-state index in [-0.39, 0.29) is 17.6 Å². The Balaban J connectivity index is 1.38. The number of rotatable bonds is 16. The van der Waals surface area contributed by atoms with Gasteiger partial charge in [0.25, 0.3) is 5.91 Å². The van der Waals surface area contributed by atoms with E-state index in [1.807, 2.05) is 12.1 Å². The molecule has 0 radical (unpaired) electrons. The molecule has 0 saturated carbocycles. The maximum absolute atomic E-state index is 12.5. The van der Waals surface area contributed by atoms with Crippen molar-refractivity contribution >= 4 is 35.1 Å². The molecule has 0 aliphatic carbocycles. The number of phenols is 1. The van der Waals surface area contributed by atoms with E-state index in [9.17, 15) is 9.90 Å². The molecule has 7 N–H and O–H groups in total. The minimum Gasteiger partial charge on any atom is -0.508 e. The molecule has 0 unspecified atom stereocenters. The standard InChI is InChI=1S/C28H33N9O4/c29-11-15-40-17-18-41-16-14-31-26-35-27(37-28(36-26)34-23-5-7-24(38)8-6-23)33-22-3-1-21(2-4-22)25(39)32-19-20-9-12-30-13-10-20/h1-10,12-13,38H,11,14-19,29H2,(H,32,39)(H3,31,33,34,35,36,37). The van der Waals surface area contributed by atoms with Crippen LogP contribution in [0.15, 0.2) is 73.1 Å². The predicted molar refractivity (Wildman–Crippen MR) is 156 cm³/mol. The van der Waals surface area contributed by atoms with Crippen LogP contribution >= 0.6 is 0 Å². The zero-order chi connectivity index (χ0) is 28.7. The molecule has 0 aliphatic rings. The van der Waals surface area contributed by atoms with Gasteiger partial charge in [0.2, 0.25) is 17.8 Å². The normalized spacial score (nSPS) is 10.7. The number of hydrogen-bond donors (Lipinski definition) is 6. The van der Waals surface area contributed by atoms with Gasteiger partial charge in [0, 0.05) is 49.0 Å². The van der Waals surface area contributed by atoms with E-state index in [0.717, 1.165) is 5.56 Å². The molecule has 2 aromatic heterocycles. The quantitative estimate of drug-likeness (QED) is 0.0874. The van der Waals surface area contributed by atoms with Crippen LogP contribution in [0.4, 0.5) is 29.2 Å². The van der Waals surface area contributed by atoms with Gasteiger partial charge in [-0.25, -0.2) is 0 Å². The van der Waals surface area contributed by atoms with Gasteiger partial charge < -0.3 is 41.6 Å². The molecule has 214 valence electrons. The van der Waals surface area contributed by atoms with Gasteiger partial charge in [-0.2, -0.15) is 15.0 Å². The van der Waals surface area contributed by atoms with Gasteiger partial charge in [0.05, 0.1) is 26.4 Å². The fourth-order valence-electron chi connectivity index (χ4n) is 3.50. The van der Waals surface area contributed by atoms with Crippen molar-refractivity contribution in [3.8, 4) is 5.75 Å². The minimum absolute atomic E-state index is 0.152. The van der Waals surface area contributed by atoms with Crippen molar-refractivity contribution in [3.05, 3.63) is 84.2 Å². The highest BCUT2D eigenvalue weighted by molar-refractivity contribution is 5.94. The van der Waals surface area contributed by atoms with Crippen LogP contribution in [0.25, 0.3) is 0 Å². The van der Waals surface area contributed by atoms with Gasteiger partial charge in [-0.05, 0) is 66.2 Å². The molecule has 4 rings (SSSR count). The van der Waals surface area contributed by atoms with E-state index in [2.05, 4.69) is 41.2 Å². The van der Waals surface area contributed by atoms with Gasteiger partial charge in [0.1, 0.15) is 5.75 Å². The highest BCUT2D eigenvalue weighted by Crippen LogP contribution is 2.20. The Morgan fingerprint density at radius 1 is 0.756 bits per heavy atom. The number of nitrogens with two attached hydrogens (primary N) is 1. The molecule has 13 heteroatoms. The number of aromatic nitrogens is 4. The second-order valence-corrected chi connectivity index (χ2v) is 8.66. The van der Waals surface area contributed by atoms with E-state index in [1.165, 1.54) is 0 Å². The predicted octanol–water partition coefficient (Wildman–Crippen LogP) is 2.79. The first-order chi connectivity index (χ1) is 20.1. The summed E-state index contributed by atoms with van der Waals surface area (Å²) in [6.45, 7) is 3.20. The molecule has 13 nitrogen and oxygen atoms in total. The molecule has 0 saturated heterocycles. The summed E-state index contributed by atoms with van der Waals surface area (Å²) < 4.78 is 10.8. The van der Waals surface area contributed by atoms with Gasteiger partial charge in [-0.3, -0.25) is 9.78 Å². The lowest BCUT2D eigenvalue weighted by Crippen LogP contribution is -2.22. The van der Waals surface area contributed by atoms with Crippen molar-refractivity contribution in [2.75, 3.05) is 55.5 Å². The van der Waals surface area contributed by atoms with Gasteiger partial charge >= 0.3 is 0 Å². The average molecular weight is 560 g/mol. The van der Waals surface area contributed by atoms with Crippen molar-refractivity contribution in [2.45, 2.75) is 6.54 Å². The monoisotopic (exact) mass is 559 g/mol. The smallest absolute Gasteiger partial charge is 0.251 e. The van der Waals surface area contributed by atoms with Crippen LogP contribution in [-0.4, -0.2) is 70.5 Å². The van der Waals surface area contributed by atoms with Crippen molar-refractivity contribution in [1.82, 2.24) is 25.3 Å². The van der Waals surface area contributed by atoms with Crippen molar-refractivity contribution in [1.29, 1.82) is 0 Å². The van der Waals surface area contributed by atoms with Crippen molar-refractivity contribution < 1.29 is 19.4 Å². The minimum atomic E-state index is -0.187. The summed E-state index contributed by atoms with van der Waals surface area (Å²) in [7, 11) is 0. The number of carbonyl (C=O) groups is 1. The topological polar surface area (TPSA) is 181 Å². The van der Waals surface area contributed by atoms with E-state index in [4.69, 9.17) is 15.2 Å². The Morgan fingerprint density at radius 3 is 1.98 bits per heavy atom. The fraction of sp³-hybridized carbons (Fsp3) is 0.250. The first-order valence-electron chi connectivity index (χ1n) is 13.0. The van der Waals surface area contributed by atoms with Crippen LogP contribution in [0.1, 0.15) is 15.9 Å². The summed E-state index contributed by atoms with van der Waals surface area (Å²) >= 11 is 0. The molecule has 2 aromatic carbocycles. The third-order valence-electron chi connectivity index (χ3n) is 5.53. The number of carbonyl (C=O) groups excluding carboxylic acids is 1. The fourth-order valence-corrected chi connectivity index (χ4v) is 3.50. The zero-order valence-electron chi connectivity index (χ0n) is 22.4. The summed E-state index contributed by atoms with van der Waals surface area (Å²) in [5, 5.41) is 21.9. The molecular formula is C28H33N9O4. The number of nitrogens with zero attached hydrogens (tertiary/aromatic N) is 4.